The lowest BCUT2D eigenvalue weighted by molar-refractivity contribution is -0.113. The Kier molecular flexibility index (Phi) is 6.88. The first-order chi connectivity index (χ1) is 8.63. The van der Waals surface area contributed by atoms with Crippen molar-refractivity contribution >= 4 is 23.4 Å². The van der Waals surface area contributed by atoms with E-state index >= 15 is 0 Å². The van der Waals surface area contributed by atoms with Gasteiger partial charge in [-0.05, 0) is 35.8 Å². The average Bonchev–Trinajstić information content (AvgIpc) is 2.35. The number of rotatable bonds is 7. The number of amides is 1. The zero-order valence-electron chi connectivity index (χ0n) is 11.5. The van der Waals surface area contributed by atoms with Crippen LogP contribution in [0, 0.1) is 0 Å². The van der Waals surface area contributed by atoms with Gasteiger partial charge in [0, 0.05) is 5.69 Å². The van der Waals surface area contributed by atoms with Gasteiger partial charge < -0.3 is 5.32 Å². The van der Waals surface area contributed by atoms with Gasteiger partial charge in [0.05, 0.1) is 5.75 Å². The first kappa shape index (κ1) is 15.1. The van der Waals surface area contributed by atoms with Crippen LogP contribution < -0.4 is 5.32 Å². The second kappa shape index (κ2) is 8.20. The topological polar surface area (TPSA) is 29.1 Å². The molecule has 0 aliphatic rings. The fourth-order valence-electron chi connectivity index (χ4n) is 1.56. The van der Waals surface area contributed by atoms with Gasteiger partial charge in [0.1, 0.15) is 0 Å². The first-order valence-electron chi connectivity index (χ1n) is 6.61. The summed E-state index contributed by atoms with van der Waals surface area (Å²) < 4.78 is 0. The zero-order valence-corrected chi connectivity index (χ0v) is 12.3. The molecule has 0 bridgehead atoms. The highest BCUT2D eigenvalue weighted by Crippen LogP contribution is 2.17. The predicted molar refractivity (Wildman–Crippen MR) is 81.4 cm³/mol. The maximum absolute atomic E-state index is 11.7. The molecule has 0 aromatic heterocycles. The second-order valence-electron chi connectivity index (χ2n) is 4.73. The van der Waals surface area contributed by atoms with E-state index in [1.807, 2.05) is 12.1 Å². The molecular weight excluding hydrogens is 242 g/mol. The summed E-state index contributed by atoms with van der Waals surface area (Å²) in [6.45, 7) is 6.49. The van der Waals surface area contributed by atoms with Gasteiger partial charge in [-0.3, -0.25) is 4.79 Å². The minimum absolute atomic E-state index is 0.0911. The zero-order chi connectivity index (χ0) is 13.4. The SMILES string of the molecule is CCCCSCC(=O)Nc1ccc(C(C)C)cc1. The Morgan fingerprint density at radius 2 is 1.94 bits per heavy atom. The van der Waals surface area contributed by atoms with Crippen LogP contribution in [0.3, 0.4) is 0 Å². The number of unbranched alkanes of at least 4 members (excludes halogenated alkanes) is 1. The monoisotopic (exact) mass is 265 g/mol. The molecule has 0 aliphatic carbocycles. The molecule has 0 saturated carbocycles. The first-order valence-corrected chi connectivity index (χ1v) is 7.76. The molecule has 1 aromatic rings. The average molecular weight is 265 g/mol. The fourth-order valence-corrected chi connectivity index (χ4v) is 2.45. The minimum atomic E-state index is 0.0911. The molecule has 0 unspecified atom stereocenters. The van der Waals surface area contributed by atoms with E-state index in [2.05, 4.69) is 38.2 Å². The Morgan fingerprint density at radius 1 is 1.28 bits per heavy atom. The van der Waals surface area contributed by atoms with Crippen molar-refractivity contribution < 1.29 is 4.79 Å². The number of anilines is 1. The van der Waals surface area contributed by atoms with Crippen LogP contribution in [0.5, 0.6) is 0 Å². The second-order valence-corrected chi connectivity index (χ2v) is 5.84. The normalized spacial score (nSPS) is 10.7. The quantitative estimate of drug-likeness (QED) is 0.745. The molecular formula is C15H23NOS. The summed E-state index contributed by atoms with van der Waals surface area (Å²) in [5.74, 6) is 2.23. The summed E-state index contributed by atoms with van der Waals surface area (Å²) in [6.07, 6.45) is 2.37. The lowest BCUT2D eigenvalue weighted by atomic mass is 10.0. The summed E-state index contributed by atoms with van der Waals surface area (Å²) in [7, 11) is 0. The Bertz CT molecular complexity index is 359. The van der Waals surface area contributed by atoms with Gasteiger partial charge >= 0.3 is 0 Å². The van der Waals surface area contributed by atoms with Crippen LogP contribution in [0.4, 0.5) is 5.69 Å². The molecule has 3 heteroatoms. The largest absolute Gasteiger partial charge is 0.325 e. The summed E-state index contributed by atoms with van der Waals surface area (Å²) in [5, 5.41) is 2.93. The van der Waals surface area contributed by atoms with E-state index < -0.39 is 0 Å². The molecule has 1 rings (SSSR count). The van der Waals surface area contributed by atoms with Crippen molar-refractivity contribution in [3.8, 4) is 0 Å². The molecule has 0 fully saturated rings. The lowest BCUT2D eigenvalue weighted by Crippen LogP contribution is -2.14. The molecule has 100 valence electrons. The Labute approximate surface area is 115 Å². The maximum atomic E-state index is 11.7. The molecule has 2 nitrogen and oxygen atoms in total. The van der Waals surface area contributed by atoms with Crippen LogP contribution in [0.2, 0.25) is 0 Å². The number of carbonyl (C=O) groups is 1. The number of nitrogens with one attached hydrogen (secondary N) is 1. The van der Waals surface area contributed by atoms with E-state index in [9.17, 15) is 4.79 Å². The van der Waals surface area contributed by atoms with Gasteiger partial charge in [0.25, 0.3) is 0 Å². The van der Waals surface area contributed by atoms with Crippen molar-refractivity contribution in [2.24, 2.45) is 0 Å². The van der Waals surface area contributed by atoms with Crippen LogP contribution in [0.15, 0.2) is 24.3 Å². The van der Waals surface area contributed by atoms with E-state index in [1.54, 1.807) is 11.8 Å². The third-order valence-electron chi connectivity index (χ3n) is 2.74. The van der Waals surface area contributed by atoms with E-state index in [4.69, 9.17) is 0 Å². The van der Waals surface area contributed by atoms with Crippen molar-refractivity contribution in [1.82, 2.24) is 0 Å². The van der Waals surface area contributed by atoms with Crippen molar-refractivity contribution in [3.63, 3.8) is 0 Å². The molecule has 1 N–H and O–H groups in total. The van der Waals surface area contributed by atoms with Crippen molar-refractivity contribution in [1.29, 1.82) is 0 Å². The van der Waals surface area contributed by atoms with Gasteiger partial charge in [0.15, 0.2) is 0 Å². The van der Waals surface area contributed by atoms with E-state index in [0.29, 0.717) is 11.7 Å². The number of thioether (sulfide) groups is 1. The molecule has 0 radical (unpaired) electrons. The van der Waals surface area contributed by atoms with Gasteiger partial charge in [-0.1, -0.05) is 39.3 Å². The van der Waals surface area contributed by atoms with Crippen LogP contribution in [0.1, 0.15) is 45.1 Å². The lowest BCUT2D eigenvalue weighted by Gasteiger charge is -2.08. The standard InChI is InChI=1S/C15H23NOS/c1-4-5-10-18-11-15(17)16-14-8-6-13(7-9-14)12(2)3/h6-9,12H,4-5,10-11H2,1-3H3,(H,16,17). The molecule has 1 aromatic carbocycles. The summed E-state index contributed by atoms with van der Waals surface area (Å²) in [4.78, 5) is 11.7. The highest BCUT2D eigenvalue weighted by Gasteiger charge is 2.03. The Hall–Kier alpha value is -0.960. The van der Waals surface area contributed by atoms with E-state index in [1.165, 1.54) is 18.4 Å². The number of hydrogen-bond donors (Lipinski definition) is 1. The molecule has 0 heterocycles. The highest BCUT2D eigenvalue weighted by molar-refractivity contribution is 7.99. The minimum Gasteiger partial charge on any atom is -0.325 e. The van der Waals surface area contributed by atoms with Crippen LogP contribution >= 0.6 is 11.8 Å². The summed E-state index contributed by atoms with van der Waals surface area (Å²) >= 11 is 1.70. The molecule has 0 spiro atoms. The highest BCUT2D eigenvalue weighted by atomic mass is 32.2. The van der Waals surface area contributed by atoms with Gasteiger partial charge in [-0.2, -0.15) is 11.8 Å². The van der Waals surface area contributed by atoms with Crippen molar-refractivity contribution in [2.45, 2.75) is 39.5 Å². The Morgan fingerprint density at radius 3 is 2.50 bits per heavy atom. The maximum Gasteiger partial charge on any atom is 0.234 e. The van der Waals surface area contributed by atoms with Crippen LogP contribution in [-0.4, -0.2) is 17.4 Å². The fraction of sp³-hybridized carbons (Fsp3) is 0.533. The van der Waals surface area contributed by atoms with Crippen LogP contribution in [0.25, 0.3) is 0 Å². The van der Waals surface area contributed by atoms with Gasteiger partial charge in [-0.25, -0.2) is 0 Å². The van der Waals surface area contributed by atoms with E-state index in [0.717, 1.165) is 11.4 Å². The van der Waals surface area contributed by atoms with Crippen molar-refractivity contribution in [3.05, 3.63) is 29.8 Å². The van der Waals surface area contributed by atoms with Crippen molar-refractivity contribution in [2.75, 3.05) is 16.8 Å². The predicted octanol–water partition coefficient (Wildman–Crippen LogP) is 4.28. The molecule has 18 heavy (non-hydrogen) atoms. The number of benzene rings is 1. The van der Waals surface area contributed by atoms with Gasteiger partial charge in [-0.15, -0.1) is 0 Å². The molecule has 0 saturated heterocycles. The Balaban J connectivity index is 2.35. The van der Waals surface area contributed by atoms with E-state index in [-0.39, 0.29) is 5.91 Å². The van der Waals surface area contributed by atoms with Crippen LogP contribution in [-0.2, 0) is 4.79 Å². The third kappa shape index (κ3) is 5.58. The molecule has 0 aliphatic heterocycles. The smallest absolute Gasteiger partial charge is 0.234 e. The summed E-state index contributed by atoms with van der Waals surface area (Å²) in [5.41, 5.74) is 2.19. The van der Waals surface area contributed by atoms with Gasteiger partial charge in [0.2, 0.25) is 5.91 Å². The third-order valence-corrected chi connectivity index (χ3v) is 3.78. The number of carbonyl (C=O) groups excluding carboxylic acids is 1. The molecule has 1 amide bonds. The summed E-state index contributed by atoms with van der Waals surface area (Å²) in [6, 6.07) is 8.10. The number of hydrogen-bond acceptors (Lipinski definition) is 2. The molecule has 0 atom stereocenters.